The van der Waals surface area contributed by atoms with Gasteiger partial charge in [0, 0.05) is 18.5 Å². The quantitative estimate of drug-likeness (QED) is 0.776. The molecule has 0 saturated heterocycles. The zero-order valence-electron chi connectivity index (χ0n) is 14.5. The zero-order valence-corrected chi connectivity index (χ0v) is 14.5. The summed E-state index contributed by atoms with van der Waals surface area (Å²) in [5.74, 6) is 2.83. The Morgan fingerprint density at radius 2 is 1.60 bits per heavy atom. The molecular formula is C20H21N3O2. The number of fused-ring (bicyclic) bond motifs is 1. The Kier molecular flexibility index (Phi) is 4.06. The summed E-state index contributed by atoms with van der Waals surface area (Å²) in [6.07, 6.45) is 1.83. The molecule has 0 saturated carbocycles. The lowest BCUT2D eigenvalue weighted by Crippen LogP contribution is -2.05. The van der Waals surface area contributed by atoms with Gasteiger partial charge in [-0.15, -0.1) is 0 Å². The molecule has 1 aliphatic heterocycles. The third kappa shape index (κ3) is 2.93. The number of methoxy groups -OCH3 is 2. The first-order chi connectivity index (χ1) is 12.3. The number of anilines is 1. The van der Waals surface area contributed by atoms with Crippen LogP contribution in [0.1, 0.15) is 16.8 Å². The lowest BCUT2D eigenvalue weighted by atomic mass is 10.1. The Morgan fingerprint density at radius 1 is 0.960 bits per heavy atom. The van der Waals surface area contributed by atoms with Crippen LogP contribution < -0.4 is 14.8 Å². The maximum absolute atomic E-state index is 5.25. The first-order valence-electron chi connectivity index (χ1n) is 8.40. The first kappa shape index (κ1) is 15.6. The summed E-state index contributed by atoms with van der Waals surface area (Å²) >= 11 is 0. The van der Waals surface area contributed by atoms with Gasteiger partial charge in [0.15, 0.2) is 0 Å². The summed E-state index contributed by atoms with van der Waals surface area (Å²) in [4.78, 5) is 0. The Bertz CT molecular complexity index is 867. The van der Waals surface area contributed by atoms with Gasteiger partial charge in [0.1, 0.15) is 17.3 Å². The van der Waals surface area contributed by atoms with Crippen molar-refractivity contribution in [3.05, 3.63) is 65.4 Å². The monoisotopic (exact) mass is 335 g/mol. The van der Waals surface area contributed by atoms with Crippen LogP contribution in [0, 0.1) is 0 Å². The Labute approximate surface area is 147 Å². The predicted molar refractivity (Wildman–Crippen MR) is 98.1 cm³/mol. The van der Waals surface area contributed by atoms with Gasteiger partial charge in [-0.2, -0.15) is 5.10 Å². The molecule has 5 nitrogen and oxygen atoms in total. The second kappa shape index (κ2) is 6.51. The number of hydrogen-bond acceptors (Lipinski definition) is 4. The number of nitrogens with one attached hydrogen (secondary N) is 1. The van der Waals surface area contributed by atoms with Gasteiger partial charge < -0.3 is 14.8 Å². The number of benzene rings is 2. The van der Waals surface area contributed by atoms with E-state index >= 15 is 0 Å². The molecule has 1 aliphatic rings. The molecule has 0 aliphatic carbocycles. The van der Waals surface area contributed by atoms with Crippen LogP contribution in [0.4, 0.5) is 5.82 Å². The second-order valence-electron chi connectivity index (χ2n) is 6.09. The Morgan fingerprint density at radius 3 is 2.24 bits per heavy atom. The summed E-state index contributed by atoms with van der Waals surface area (Å²) in [5, 5.41) is 8.35. The molecule has 0 atom stereocenters. The normalized spacial score (nSPS) is 12.6. The minimum absolute atomic E-state index is 0.817. The lowest BCUT2D eigenvalue weighted by molar-refractivity contribution is 0.414. The van der Waals surface area contributed by atoms with Gasteiger partial charge in [-0.25, -0.2) is 4.68 Å². The van der Waals surface area contributed by atoms with Crippen molar-refractivity contribution in [3.63, 3.8) is 0 Å². The Balaban J connectivity index is 1.66. The van der Waals surface area contributed by atoms with Gasteiger partial charge in [0.05, 0.1) is 25.6 Å². The van der Waals surface area contributed by atoms with Gasteiger partial charge in [-0.1, -0.05) is 12.1 Å². The average Bonchev–Trinajstić information content (AvgIpc) is 3.26. The number of rotatable bonds is 5. The molecule has 2 aromatic carbocycles. The third-order valence-electron chi connectivity index (χ3n) is 4.58. The van der Waals surface area contributed by atoms with Crippen LogP contribution in [-0.2, 0) is 12.8 Å². The van der Waals surface area contributed by atoms with Crippen LogP contribution in [0.2, 0.25) is 0 Å². The second-order valence-corrected chi connectivity index (χ2v) is 6.09. The standard InChI is InChI=1S/C20H21N3O2/c1-24-16-7-3-14(4-8-16)13-19-18-11-12-21-20(18)23(22-19)15-5-9-17(25-2)10-6-15/h3-10,21H,11-13H2,1-2H3. The molecule has 2 heterocycles. The van der Waals surface area contributed by atoms with Crippen LogP contribution in [-0.4, -0.2) is 30.5 Å². The molecule has 5 heteroatoms. The molecule has 25 heavy (non-hydrogen) atoms. The largest absolute Gasteiger partial charge is 0.497 e. The van der Waals surface area contributed by atoms with Gasteiger partial charge in [0.25, 0.3) is 0 Å². The van der Waals surface area contributed by atoms with Crippen LogP contribution in [0.15, 0.2) is 48.5 Å². The number of hydrogen-bond donors (Lipinski definition) is 1. The topological polar surface area (TPSA) is 48.3 Å². The molecular weight excluding hydrogens is 314 g/mol. The smallest absolute Gasteiger partial charge is 0.133 e. The lowest BCUT2D eigenvalue weighted by Gasteiger charge is -2.07. The minimum Gasteiger partial charge on any atom is -0.497 e. The van der Waals surface area contributed by atoms with E-state index in [0.717, 1.165) is 48.1 Å². The van der Waals surface area contributed by atoms with E-state index in [-0.39, 0.29) is 0 Å². The highest BCUT2D eigenvalue weighted by molar-refractivity contribution is 5.58. The average molecular weight is 335 g/mol. The van der Waals surface area contributed by atoms with Crippen LogP contribution in [0.25, 0.3) is 5.69 Å². The van der Waals surface area contributed by atoms with Crippen LogP contribution in [0.3, 0.4) is 0 Å². The highest BCUT2D eigenvalue weighted by Gasteiger charge is 2.23. The van der Waals surface area contributed by atoms with E-state index < -0.39 is 0 Å². The summed E-state index contributed by atoms with van der Waals surface area (Å²) in [6, 6.07) is 16.2. The maximum Gasteiger partial charge on any atom is 0.133 e. The van der Waals surface area contributed by atoms with E-state index in [1.165, 1.54) is 11.1 Å². The molecule has 0 bridgehead atoms. The maximum atomic E-state index is 5.25. The summed E-state index contributed by atoms with van der Waals surface area (Å²) < 4.78 is 12.5. The predicted octanol–water partition coefficient (Wildman–Crippen LogP) is 3.45. The molecule has 0 unspecified atom stereocenters. The highest BCUT2D eigenvalue weighted by atomic mass is 16.5. The molecule has 0 radical (unpaired) electrons. The third-order valence-corrected chi connectivity index (χ3v) is 4.58. The van der Waals surface area contributed by atoms with Gasteiger partial charge in [-0.05, 0) is 48.4 Å². The van der Waals surface area contributed by atoms with E-state index in [9.17, 15) is 0 Å². The van der Waals surface area contributed by atoms with Crippen molar-refractivity contribution in [2.24, 2.45) is 0 Å². The number of ether oxygens (including phenoxy) is 2. The van der Waals surface area contributed by atoms with Crippen molar-refractivity contribution in [1.82, 2.24) is 9.78 Å². The van der Waals surface area contributed by atoms with E-state index in [4.69, 9.17) is 14.6 Å². The van der Waals surface area contributed by atoms with Crippen LogP contribution in [0.5, 0.6) is 11.5 Å². The van der Waals surface area contributed by atoms with Crippen molar-refractivity contribution in [3.8, 4) is 17.2 Å². The fraction of sp³-hybridized carbons (Fsp3) is 0.250. The van der Waals surface area contributed by atoms with Gasteiger partial charge in [-0.3, -0.25) is 0 Å². The summed E-state index contributed by atoms with van der Waals surface area (Å²) in [6.45, 7) is 0.957. The fourth-order valence-corrected chi connectivity index (χ4v) is 3.23. The number of nitrogens with zero attached hydrogens (tertiary/aromatic N) is 2. The van der Waals surface area contributed by atoms with Crippen molar-refractivity contribution < 1.29 is 9.47 Å². The summed E-state index contributed by atoms with van der Waals surface area (Å²) in [7, 11) is 3.36. The van der Waals surface area contributed by atoms with E-state index in [1.807, 2.05) is 41.1 Å². The fourth-order valence-electron chi connectivity index (χ4n) is 3.23. The SMILES string of the molecule is COc1ccc(Cc2nn(-c3ccc(OC)cc3)c3c2CCN3)cc1. The minimum atomic E-state index is 0.817. The van der Waals surface area contributed by atoms with E-state index in [1.54, 1.807) is 14.2 Å². The molecule has 1 N–H and O–H groups in total. The van der Waals surface area contributed by atoms with Crippen molar-refractivity contribution >= 4 is 5.82 Å². The molecule has 3 aromatic rings. The first-order valence-corrected chi connectivity index (χ1v) is 8.40. The van der Waals surface area contributed by atoms with Gasteiger partial charge >= 0.3 is 0 Å². The van der Waals surface area contributed by atoms with Crippen molar-refractivity contribution in [2.45, 2.75) is 12.8 Å². The number of aromatic nitrogens is 2. The van der Waals surface area contributed by atoms with Gasteiger partial charge in [0.2, 0.25) is 0 Å². The molecule has 4 rings (SSSR count). The molecule has 0 fully saturated rings. The molecule has 0 amide bonds. The van der Waals surface area contributed by atoms with E-state index in [2.05, 4.69) is 17.4 Å². The van der Waals surface area contributed by atoms with Crippen LogP contribution >= 0.6 is 0 Å². The molecule has 0 spiro atoms. The molecule has 128 valence electrons. The summed E-state index contributed by atoms with van der Waals surface area (Å²) in [5.41, 5.74) is 4.70. The van der Waals surface area contributed by atoms with Crippen molar-refractivity contribution in [2.75, 3.05) is 26.1 Å². The highest BCUT2D eigenvalue weighted by Crippen LogP contribution is 2.30. The zero-order chi connectivity index (χ0) is 17.2. The molecule has 1 aromatic heterocycles. The van der Waals surface area contributed by atoms with Crippen molar-refractivity contribution in [1.29, 1.82) is 0 Å². The van der Waals surface area contributed by atoms with E-state index in [0.29, 0.717) is 0 Å². The Hall–Kier alpha value is -2.95.